The van der Waals surface area contributed by atoms with E-state index in [0.29, 0.717) is 87.4 Å². The van der Waals surface area contributed by atoms with E-state index >= 15 is 0 Å². The second-order valence-corrected chi connectivity index (χ2v) is 16.4. The molecule has 22 nitrogen and oxygen atoms in total. The van der Waals surface area contributed by atoms with Crippen LogP contribution in [0.25, 0.3) is 33.1 Å². The molecule has 6 aromatic rings. The normalized spacial score (nSPS) is 12.1. The van der Waals surface area contributed by atoms with Gasteiger partial charge in [0.2, 0.25) is 5.95 Å². The first-order valence-electron chi connectivity index (χ1n) is 22.5. The quantitative estimate of drug-likeness (QED) is 0.0270. The summed E-state index contributed by atoms with van der Waals surface area (Å²) >= 11 is 0. The van der Waals surface area contributed by atoms with Gasteiger partial charge in [-0.1, -0.05) is 31.5 Å². The first kappa shape index (κ1) is 50.4. The van der Waals surface area contributed by atoms with Gasteiger partial charge in [-0.15, -0.1) is 0 Å². The van der Waals surface area contributed by atoms with E-state index in [-0.39, 0.29) is 43.3 Å². The minimum atomic E-state index is -1.13. The number of rotatable bonds is 28. The number of carbonyl (C=O) groups excluding carboxylic acids is 2. The van der Waals surface area contributed by atoms with Crippen LogP contribution in [0.5, 0.6) is 0 Å². The van der Waals surface area contributed by atoms with E-state index in [1.807, 2.05) is 38.1 Å². The number of nitrogens with one attached hydrogen (secondary N) is 4. The highest BCUT2D eigenvalue weighted by atomic mass is 16.7. The Morgan fingerprint density at radius 2 is 1.59 bits per heavy atom. The second-order valence-electron chi connectivity index (χ2n) is 16.4. The Hall–Kier alpha value is -7.01. The molecule has 1 amide bonds. The summed E-state index contributed by atoms with van der Waals surface area (Å²) in [5.74, 6) is -0.467. The van der Waals surface area contributed by atoms with Gasteiger partial charge in [0.05, 0.1) is 75.7 Å². The zero-order chi connectivity index (χ0) is 48.5. The summed E-state index contributed by atoms with van der Waals surface area (Å²) in [4.78, 5) is 73.7. The van der Waals surface area contributed by atoms with Gasteiger partial charge in [-0.05, 0) is 70.0 Å². The Kier molecular flexibility index (Phi) is 18.3. The number of aromatic amines is 1. The molecular formula is C46H60N12O10. The van der Waals surface area contributed by atoms with Crippen molar-refractivity contribution in [1.29, 1.82) is 0 Å². The van der Waals surface area contributed by atoms with Gasteiger partial charge in [0.1, 0.15) is 29.6 Å². The van der Waals surface area contributed by atoms with Crippen LogP contribution in [0.3, 0.4) is 0 Å². The van der Waals surface area contributed by atoms with Crippen LogP contribution in [0.1, 0.15) is 68.3 Å². The summed E-state index contributed by atoms with van der Waals surface area (Å²) in [7, 11) is 0. The number of hydrogen-bond acceptors (Lipinski definition) is 18. The first-order chi connectivity index (χ1) is 32.8. The minimum Gasteiger partial charge on any atom is -0.480 e. The number of H-pyrrole nitrogens is 1. The van der Waals surface area contributed by atoms with Gasteiger partial charge in [-0.2, -0.15) is 4.98 Å². The smallest absolute Gasteiger partial charge is 0.480 e. The maximum atomic E-state index is 12.8. The summed E-state index contributed by atoms with van der Waals surface area (Å²) in [6.07, 6.45) is 4.11. The standard InChI is InChI=1S/C46H60N12O10/c1-4-5-12-35-55-36-38(32-9-6-7-10-33(32)53-39(36)47)58(35)28-46(2,3)68-45(63)67-25-24-66-23-22-65-21-20-64-19-18-49-17-8-11-34(43(61)62)54-41(59)29-13-15-30(16-14-29)50-26-31-27-51-40-37(52-31)42(60)57-44(48)56-40/h6-7,9-10,13-16,27,34,49-50H,4-5,8,11-12,17-26,28H2,1-3H3,(H2,47,53)(H,54,59)(H,61,62)(H3,48,51,56,57,60). The Balaban J connectivity index is 0.773. The number of hydrogen-bond donors (Lipinski definition) is 7. The number of carbonyl (C=O) groups is 3. The number of pyridine rings is 1. The Morgan fingerprint density at radius 3 is 2.32 bits per heavy atom. The maximum absolute atomic E-state index is 12.8. The third-order valence-electron chi connectivity index (χ3n) is 10.5. The third-order valence-corrected chi connectivity index (χ3v) is 10.5. The largest absolute Gasteiger partial charge is 0.508 e. The molecule has 4 aromatic heterocycles. The molecule has 68 heavy (non-hydrogen) atoms. The number of aromatic nitrogens is 7. The number of carboxylic acid groups (broad SMARTS) is 1. The van der Waals surface area contributed by atoms with Crippen molar-refractivity contribution in [2.75, 3.05) is 76.1 Å². The molecule has 2 aromatic carbocycles. The van der Waals surface area contributed by atoms with Crippen molar-refractivity contribution in [1.82, 2.24) is 45.1 Å². The lowest BCUT2D eigenvalue weighted by molar-refractivity contribution is -0.139. The summed E-state index contributed by atoms with van der Waals surface area (Å²) in [5, 5.41) is 19.6. The highest BCUT2D eigenvalue weighted by molar-refractivity contribution is 6.06. The molecule has 0 radical (unpaired) electrons. The topological polar surface area (TPSA) is 308 Å². The zero-order valence-corrected chi connectivity index (χ0v) is 38.5. The molecule has 1 atom stereocenters. The molecule has 0 aliphatic carbocycles. The molecule has 0 aliphatic rings. The van der Waals surface area contributed by atoms with Crippen molar-refractivity contribution in [2.24, 2.45) is 0 Å². The molecule has 9 N–H and O–H groups in total. The number of anilines is 3. The summed E-state index contributed by atoms with van der Waals surface area (Å²) < 4.78 is 29.8. The monoisotopic (exact) mass is 940 g/mol. The number of nitrogens with zero attached hydrogens (tertiary/aromatic N) is 6. The molecule has 0 fully saturated rings. The first-order valence-corrected chi connectivity index (χ1v) is 22.5. The number of benzene rings is 2. The molecule has 4 heterocycles. The van der Waals surface area contributed by atoms with E-state index in [4.69, 9.17) is 40.1 Å². The van der Waals surface area contributed by atoms with E-state index in [1.165, 1.54) is 6.20 Å². The van der Waals surface area contributed by atoms with Gasteiger partial charge >= 0.3 is 12.1 Å². The average molecular weight is 941 g/mol. The van der Waals surface area contributed by atoms with E-state index in [1.54, 1.807) is 24.3 Å². The van der Waals surface area contributed by atoms with Crippen LogP contribution in [0.4, 0.5) is 22.2 Å². The predicted octanol–water partition coefficient (Wildman–Crippen LogP) is 3.96. The van der Waals surface area contributed by atoms with Crippen molar-refractivity contribution in [2.45, 2.75) is 77.6 Å². The van der Waals surface area contributed by atoms with Gasteiger partial charge in [0.25, 0.3) is 11.5 Å². The second kappa shape index (κ2) is 24.7. The fourth-order valence-corrected chi connectivity index (χ4v) is 7.18. The number of para-hydroxylation sites is 1. The lowest BCUT2D eigenvalue weighted by Gasteiger charge is -2.26. The molecule has 0 aliphatic heterocycles. The van der Waals surface area contributed by atoms with Crippen LogP contribution in [-0.2, 0) is 48.0 Å². The zero-order valence-electron chi connectivity index (χ0n) is 38.5. The fraction of sp³-hybridized carbons (Fsp3) is 0.457. The van der Waals surface area contributed by atoms with E-state index in [0.717, 1.165) is 41.5 Å². The Bertz CT molecular complexity index is 2690. The van der Waals surface area contributed by atoms with E-state index < -0.39 is 35.2 Å². The number of nitrogen functional groups attached to an aromatic ring is 2. The SMILES string of the molecule is CCCCc1nc2c(N)nc3ccccc3c2n1CC(C)(C)OC(=O)OCCOCCOCCOCCNCCCC(NC(=O)c1ccc(NCc2cnc3nc(N)[nH]c(=O)c3n2)cc1)C(=O)O. The van der Waals surface area contributed by atoms with Crippen LogP contribution in [0, 0.1) is 0 Å². The van der Waals surface area contributed by atoms with Gasteiger partial charge < -0.3 is 60.8 Å². The number of amides is 1. The number of imidazole rings is 1. The van der Waals surface area contributed by atoms with Gasteiger partial charge in [-0.3, -0.25) is 14.6 Å². The number of carboxylic acids is 1. The fourth-order valence-electron chi connectivity index (χ4n) is 7.18. The average Bonchev–Trinajstić information content (AvgIpc) is 3.67. The maximum Gasteiger partial charge on any atom is 0.508 e. The highest BCUT2D eigenvalue weighted by Crippen LogP contribution is 2.31. The summed E-state index contributed by atoms with van der Waals surface area (Å²) in [6, 6.07) is 13.2. The van der Waals surface area contributed by atoms with Crippen molar-refractivity contribution in [3.05, 3.63) is 82.2 Å². The van der Waals surface area contributed by atoms with Crippen LogP contribution in [0.15, 0.2) is 59.5 Å². The minimum absolute atomic E-state index is 0.0152. The molecule has 0 saturated heterocycles. The van der Waals surface area contributed by atoms with Gasteiger partial charge in [0, 0.05) is 29.6 Å². The van der Waals surface area contributed by atoms with Crippen LogP contribution < -0.4 is 33.0 Å². The van der Waals surface area contributed by atoms with E-state index in [2.05, 4.69) is 52.4 Å². The number of unbranched alkanes of at least 4 members (excludes halogenated alkanes) is 1. The summed E-state index contributed by atoms with van der Waals surface area (Å²) in [5.41, 5.74) is 14.4. The number of aryl methyl sites for hydroxylation is 1. The molecule has 0 saturated carbocycles. The molecule has 6 rings (SSSR count). The van der Waals surface area contributed by atoms with Crippen molar-refractivity contribution < 1.29 is 43.2 Å². The lowest BCUT2D eigenvalue weighted by Crippen LogP contribution is -2.41. The van der Waals surface area contributed by atoms with Crippen molar-refractivity contribution in [3.63, 3.8) is 0 Å². The molecule has 22 heteroatoms. The molecule has 0 spiro atoms. The number of aliphatic carboxylic acids is 1. The van der Waals surface area contributed by atoms with E-state index in [9.17, 15) is 24.3 Å². The Morgan fingerprint density at radius 1 is 0.868 bits per heavy atom. The number of fused-ring (bicyclic) bond motifs is 4. The number of nitrogens with two attached hydrogens (primary N) is 2. The van der Waals surface area contributed by atoms with Crippen molar-refractivity contribution in [3.8, 4) is 0 Å². The number of ether oxygens (including phenoxy) is 5. The van der Waals surface area contributed by atoms with Crippen LogP contribution in [0.2, 0.25) is 0 Å². The molecule has 1 unspecified atom stereocenters. The van der Waals surface area contributed by atoms with Crippen LogP contribution in [-0.4, -0.2) is 129 Å². The lowest BCUT2D eigenvalue weighted by atomic mass is 10.1. The predicted molar refractivity (Wildman–Crippen MR) is 254 cm³/mol. The third kappa shape index (κ3) is 14.5. The van der Waals surface area contributed by atoms with Gasteiger partial charge in [0.15, 0.2) is 17.0 Å². The summed E-state index contributed by atoms with van der Waals surface area (Å²) in [6.45, 7) is 9.44. The van der Waals surface area contributed by atoms with Gasteiger partial charge in [-0.25, -0.2) is 29.5 Å². The molecule has 0 bridgehead atoms. The highest BCUT2D eigenvalue weighted by Gasteiger charge is 2.28. The Labute approximate surface area is 391 Å². The van der Waals surface area contributed by atoms with Crippen LogP contribution >= 0.6 is 0 Å². The van der Waals surface area contributed by atoms with Crippen molar-refractivity contribution >= 4 is 68.6 Å². The molecular weight excluding hydrogens is 881 g/mol. The molecule has 364 valence electrons.